The van der Waals surface area contributed by atoms with Crippen LogP contribution in [0, 0.1) is 17.8 Å². The highest BCUT2D eigenvalue weighted by atomic mass is 19.4. The van der Waals surface area contributed by atoms with E-state index in [-0.39, 0.29) is 41.1 Å². The standard InChI is InChI=1S/C25H23F3N2O4/c1-34-24(33)18-8-15(13-29-23(32)21-10-14-5-6-16(21)7-14)9-20(12-18)30-22(31)17-3-2-4-19(11-17)25(26,27)28/h2-6,8-9,11-12,14,16,21H,7,10,13H2,1H3,(H,29,32)(H,30,31)/t14-,16+,21-/m1/s1. The Labute approximate surface area is 194 Å². The summed E-state index contributed by atoms with van der Waals surface area (Å²) in [5.41, 5.74) is -0.261. The number of hydrogen-bond acceptors (Lipinski definition) is 4. The van der Waals surface area contributed by atoms with Crippen molar-refractivity contribution in [1.29, 1.82) is 0 Å². The van der Waals surface area contributed by atoms with E-state index in [2.05, 4.69) is 22.8 Å². The average molecular weight is 472 g/mol. The third kappa shape index (κ3) is 5.13. The number of nitrogens with one attached hydrogen (secondary N) is 2. The van der Waals surface area contributed by atoms with Crippen molar-refractivity contribution in [3.63, 3.8) is 0 Å². The van der Waals surface area contributed by atoms with Gasteiger partial charge in [0.15, 0.2) is 0 Å². The number of carbonyl (C=O) groups excluding carboxylic acids is 3. The van der Waals surface area contributed by atoms with Crippen LogP contribution in [0.2, 0.25) is 0 Å². The van der Waals surface area contributed by atoms with E-state index < -0.39 is 23.6 Å². The van der Waals surface area contributed by atoms with E-state index in [0.717, 1.165) is 31.0 Å². The van der Waals surface area contributed by atoms with Crippen LogP contribution >= 0.6 is 0 Å². The van der Waals surface area contributed by atoms with Crippen LogP contribution in [0.15, 0.2) is 54.6 Å². The molecule has 2 amide bonds. The smallest absolute Gasteiger partial charge is 0.416 e. The molecule has 2 N–H and O–H groups in total. The molecule has 0 radical (unpaired) electrons. The highest BCUT2D eigenvalue weighted by molar-refractivity contribution is 6.05. The number of fused-ring (bicyclic) bond motifs is 2. The highest BCUT2D eigenvalue weighted by Crippen LogP contribution is 2.43. The Morgan fingerprint density at radius 2 is 1.82 bits per heavy atom. The van der Waals surface area contributed by atoms with Crippen LogP contribution in [-0.2, 0) is 22.3 Å². The lowest BCUT2D eigenvalue weighted by atomic mass is 9.93. The molecule has 9 heteroatoms. The quantitative estimate of drug-likeness (QED) is 0.477. The molecule has 3 atom stereocenters. The van der Waals surface area contributed by atoms with Gasteiger partial charge in [-0.2, -0.15) is 13.2 Å². The van der Waals surface area contributed by atoms with E-state index >= 15 is 0 Å². The minimum atomic E-state index is -4.58. The summed E-state index contributed by atoms with van der Waals surface area (Å²) in [5.74, 6) is -0.888. The maximum absolute atomic E-state index is 13.0. The molecule has 4 rings (SSSR count). The van der Waals surface area contributed by atoms with Crippen molar-refractivity contribution in [2.45, 2.75) is 25.6 Å². The minimum absolute atomic E-state index is 0.0742. The lowest BCUT2D eigenvalue weighted by molar-refractivity contribution is -0.137. The number of alkyl halides is 3. The molecule has 1 saturated carbocycles. The third-order valence-corrected chi connectivity index (χ3v) is 6.21. The van der Waals surface area contributed by atoms with Crippen LogP contribution in [0.1, 0.15) is 44.7 Å². The highest BCUT2D eigenvalue weighted by Gasteiger charge is 2.39. The number of allylic oxidation sites excluding steroid dienone is 2. The summed E-state index contributed by atoms with van der Waals surface area (Å²) in [6.07, 6.45) is 1.45. The zero-order valence-corrected chi connectivity index (χ0v) is 18.3. The molecule has 2 aromatic carbocycles. The van der Waals surface area contributed by atoms with Crippen molar-refractivity contribution in [1.82, 2.24) is 5.32 Å². The van der Waals surface area contributed by atoms with Gasteiger partial charge < -0.3 is 15.4 Å². The molecule has 0 saturated heterocycles. The molecule has 2 aromatic rings. The normalized spacial score (nSPS) is 20.8. The van der Waals surface area contributed by atoms with Gasteiger partial charge in [0, 0.05) is 23.7 Å². The van der Waals surface area contributed by atoms with Crippen LogP contribution in [0.5, 0.6) is 0 Å². The molecular formula is C25H23F3N2O4. The van der Waals surface area contributed by atoms with Crippen LogP contribution in [0.4, 0.5) is 18.9 Å². The van der Waals surface area contributed by atoms with E-state index in [4.69, 9.17) is 4.74 Å². The number of amides is 2. The summed E-state index contributed by atoms with van der Waals surface area (Å²) < 4.78 is 43.7. The molecule has 0 aromatic heterocycles. The molecule has 6 nitrogen and oxygen atoms in total. The van der Waals surface area contributed by atoms with E-state index in [1.165, 1.54) is 25.3 Å². The second kappa shape index (κ2) is 9.32. The first kappa shape index (κ1) is 23.5. The van der Waals surface area contributed by atoms with Gasteiger partial charge in [-0.25, -0.2) is 4.79 Å². The first-order valence-corrected chi connectivity index (χ1v) is 10.8. The topological polar surface area (TPSA) is 84.5 Å². The van der Waals surface area contributed by atoms with E-state index in [1.54, 1.807) is 6.07 Å². The summed E-state index contributed by atoms with van der Waals surface area (Å²) in [5, 5.41) is 5.41. The molecule has 178 valence electrons. The summed E-state index contributed by atoms with van der Waals surface area (Å²) in [7, 11) is 1.21. The number of halogens is 3. The van der Waals surface area contributed by atoms with Gasteiger partial charge in [-0.1, -0.05) is 18.2 Å². The summed E-state index contributed by atoms with van der Waals surface area (Å²) in [6, 6.07) is 8.49. The molecule has 0 heterocycles. The first-order valence-electron chi connectivity index (χ1n) is 10.8. The third-order valence-electron chi connectivity index (χ3n) is 6.21. The largest absolute Gasteiger partial charge is 0.465 e. The summed E-state index contributed by atoms with van der Waals surface area (Å²) in [6.45, 7) is 0.119. The van der Waals surface area contributed by atoms with Gasteiger partial charge in [-0.05, 0) is 66.6 Å². The van der Waals surface area contributed by atoms with E-state index in [1.807, 2.05) is 0 Å². The van der Waals surface area contributed by atoms with Crippen LogP contribution in [-0.4, -0.2) is 24.9 Å². The summed E-state index contributed by atoms with van der Waals surface area (Å²) >= 11 is 0. The van der Waals surface area contributed by atoms with Gasteiger partial charge in [0.2, 0.25) is 5.91 Å². The number of hydrogen-bond donors (Lipinski definition) is 2. The molecule has 2 aliphatic carbocycles. The number of rotatable bonds is 6. The number of anilines is 1. The predicted octanol–water partition coefficient (Wildman–Crippen LogP) is 4.57. The van der Waals surface area contributed by atoms with Crippen LogP contribution < -0.4 is 10.6 Å². The fourth-order valence-corrected chi connectivity index (χ4v) is 4.54. The Hall–Kier alpha value is -3.62. The van der Waals surface area contributed by atoms with E-state index in [9.17, 15) is 27.6 Å². The van der Waals surface area contributed by atoms with Gasteiger partial charge >= 0.3 is 12.1 Å². The zero-order valence-electron chi connectivity index (χ0n) is 18.3. The fraction of sp³-hybridized carbons (Fsp3) is 0.320. The molecule has 2 bridgehead atoms. The monoisotopic (exact) mass is 472 g/mol. The lowest BCUT2D eigenvalue weighted by Gasteiger charge is -2.18. The summed E-state index contributed by atoms with van der Waals surface area (Å²) in [4.78, 5) is 37.4. The van der Waals surface area contributed by atoms with Crippen molar-refractivity contribution in [2.75, 3.05) is 12.4 Å². The number of esters is 1. The Balaban J connectivity index is 1.50. The number of methoxy groups -OCH3 is 1. The van der Waals surface area contributed by atoms with Gasteiger partial charge in [0.05, 0.1) is 18.2 Å². The Bertz CT molecular complexity index is 1160. The number of carbonyl (C=O) groups is 3. The Morgan fingerprint density at radius 1 is 1.03 bits per heavy atom. The first-order chi connectivity index (χ1) is 16.1. The van der Waals surface area contributed by atoms with E-state index in [0.29, 0.717) is 11.5 Å². The maximum atomic E-state index is 13.0. The van der Waals surface area contributed by atoms with Crippen molar-refractivity contribution in [3.8, 4) is 0 Å². The second-order valence-corrected chi connectivity index (χ2v) is 8.55. The molecule has 0 aliphatic heterocycles. The van der Waals surface area contributed by atoms with Crippen molar-refractivity contribution >= 4 is 23.5 Å². The van der Waals surface area contributed by atoms with Gasteiger partial charge in [-0.15, -0.1) is 0 Å². The number of ether oxygens (including phenoxy) is 1. The number of benzene rings is 2. The Morgan fingerprint density at radius 3 is 2.47 bits per heavy atom. The second-order valence-electron chi connectivity index (χ2n) is 8.55. The van der Waals surface area contributed by atoms with Crippen molar-refractivity contribution in [3.05, 3.63) is 76.9 Å². The molecule has 0 unspecified atom stereocenters. The Kier molecular flexibility index (Phi) is 6.45. The zero-order chi connectivity index (χ0) is 24.5. The molecule has 1 fully saturated rings. The molecule has 0 spiro atoms. The van der Waals surface area contributed by atoms with Gasteiger partial charge in [0.25, 0.3) is 5.91 Å². The maximum Gasteiger partial charge on any atom is 0.416 e. The van der Waals surface area contributed by atoms with Crippen LogP contribution in [0.3, 0.4) is 0 Å². The van der Waals surface area contributed by atoms with Crippen molar-refractivity contribution in [2.24, 2.45) is 17.8 Å². The lowest BCUT2D eigenvalue weighted by Crippen LogP contribution is -2.32. The molecule has 34 heavy (non-hydrogen) atoms. The fourth-order valence-electron chi connectivity index (χ4n) is 4.54. The molecular weight excluding hydrogens is 449 g/mol. The predicted molar refractivity (Wildman–Crippen MR) is 118 cm³/mol. The van der Waals surface area contributed by atoms with Crippen molar-refractivity contribution < 1.29 is 32.3 Å². The SMILES string of the molecule is COC(=O)c1cc(CNC(=O)[C@@H]2C[C@@H]3C=C[C@H]2C3)cc(NC(=O)c2cccc(C(F)(F)F)c2)c1. The van der Waals surface area contributed by atoms with Gasteiger partial charge in [0.1, 0.15) is 0 Å². The van der Waals surface area contributed by atoms with Gasteiger partial charge in [-0.3, -0.25) is 9.59 Å². The average Bonchev–Trinajstić information content (AvgIpc) is 3.45. The minimum Gasteiger partial charge on any atom is -0.465 e. The molecule has 2 aliphatic rings. The van der Waals surface area contributed by atoms with Crippen LogP contribution in [0.25, 0.3) is 0 Å².